The molecule has 1 unspecified atom stereocenters. The molecule has 1 fully saturated rings. The second-order valence-corrected chi connectivity index (χ2v) is 8.23. The minimum absolute atomic E-state index is 0.00222. The van der Waals surface area contributed by atoms with Gasteiger partial charge in [0.25, 0.3) is 11.7 Å². The van der Waals surface area contributed by atoms with Crippen LogP contribution < -0.4 is 4.74 Å². The smallest absolute Gasteiger partial charge is 0.295 e. The van der Waals surface area contributed by atoms with Gasteiger partial charge in [-0.15, -0.1) is 0 Å². The first-order valence-corrected chi connectivity index (χ1v) is 11.3. The van der Waals surface area contributed by atoms with E-state index in [4.69, 9.17) is 9.47 Å². The second kappa shape index (κ2) is 11.0. The molecule has 1 heterocycles. The standard InChI is InChI=1S/C26H31NO6/c1-4-14-33-21-11-9-18(10-12-21)24(29)22-23(19-7-5-8-20(28)16-19)27(26(31)25(22)30)13-6-15-32-17(2)3/h5,7-12,16-17,23,28-29H,4,6,13-15H2,1-3H3/b24-22-. The maximum Gasteiger partial charge on any atom is 0.295 e. The van der Waals surface area contributed by atoms with Gasteiger partial charge in [0, 0.05) is 18.7 Å². The first kappa shape index (κ1) is 24.3. The Hall–Kier alpha value is -3.32. The third kappa shape index (κ3) is 5.73. The number of Topliss-reactive ketones (excluding diaryl/α,β-unsaturated/α-hetero) is 1. The number of aromatic hydroxyl groups is 1. The van der Waals surface area contributed by atoms with Crippen molar-refractivity contribution in [1.82, 2.24) is 4.90 Å². The lowest BCUT2D eigenvalue weighted by atomic mass is 9.95. The highest BCUT2D eigenvalue weighted by atomic mass is 16.5. The van der Waals surface area contributed by atoms with Gasteiger partial charge in [-0.05, 0) is 68.7 Å². The number of amides is 1. The van der Waals surface area contributed by atoms with E-state index >= 15 is 0 Å². The van der Waals surface area contributed by atoms with Crippen molar-refractivity contribution in [3.05, 3.63) is 65.2 Å². The van der Waals surface area contributed by atoms with Gasteiger partial charge in [-0.1, -0.05) is 19.1 Å². The third-order valence-corrected chi connectivity index (χ3v) is 5.32. The molecule has 1 aliphatic rings. The monoisotopic (exact) mass is 453 g/mol. The lowest BCUT2D eigenvalue weighted by Crippen LogP contribution is -2.31. The molecule has 2 aromatic rings. The predicted molar refractivity (Wildman–Crippen MR) is 125 cm³/mol. The minimum atomic E-state index is -0.813. The van der Waals surface area contributed by atoms with Crippen LogP contribution in [0, 0.1) is 0 Å². The summed E-state index contributed by atoms with van der Waals surface area (Å²) in [5.74, 6) is -1.03. The molecule has 7 nitrogen and oxygen atoms in total. The summed E-state index contributed by atoms with van der Waals surface area (Å²) in [6, 6.07) is 12.3. The Labute approximate surface area is 194 Å². The van der Waals surface area contributed by atoms with E-state index in [1.165, 1.54) is 17.0 Å². The van der Waals surface area contributed by atoms with Gasteiger partial charge in [0.05, 0.1) is 24.3 Å². The van der Waals surface area contributed by atoms with E-state index in [2.05, 4.69) is 0 Å². The first-order valence-electron chi connectivity index (χ1n) is 11.3. The highest BCUT2D eigenvalue weighted by molar-refractivity contribution is 6.46. The summed E-state index contributed by atoms with van der Waals surface area (Å²) in [5, 5.41) is 21.1. The second-order valence-electron chi connectivity index (χ2n) is 8.23. The van der Waals surface area contributed by atoms with Crippen molar-refractivity contribution >= 4 is 17.4 Å². The number of hydrogen-bond acceptors (Lipinski definition) is 6. The first-order chi connectivity index (χ1) is 15.8. The maximum atomic E-state index is 13.0. The summed E-state index contributed by atoms with van der Waals surface area (Å²) < 4.78 is 11.1. The van der Waals surface area contributed by atoms with Crippen LogP contribution in [-0.4, -0.2) is 52.7 Å². The molecule has 0 aromatic heterocycles. The molecule has 0 saturated carbocycles. The van der Waals surface area contributed by atoms with E-state index < -0.39 is 17.7 Å². The molecule has 1 amide bonds. The van der Waals surface area contributed by atoms with Crippen molar-refractivity contribution in [2.24, 2.45) is 0 Å². The SMILES string of the molecule is CCCOc1ccc(/C(O)=C2/C(=O)C(=O)N(CCCOC(C)C)C2c2cccc(O)c2)cc1. The summed E-state index contributed by atoms with van der Waals surface area (Å²) in [6.45, 7) is 7.16. The number of aliphatic hydroxyl groups excluding tert-OH is 1. The molecular formula is C26H31NO6. The topological polar surface area (TPSA) is 96.3 Å². The van der Waals surface area contributed by atoms with Crippen LogP contribution in [0.3, 0.4) is 0 Å². The van der Waals surface area contributed by atoms with Crippen LogP contribution in [0.25, 0.3) is 5.76 Å². The highest BCUT2D eigenvalue weighted by Gasteiger charge is 2.45. The Kier molecular flexibility index (Phi) is 8.11. The van der Waals surface area contributed by atoms with Gasteiger partial charge in [0.2, 0.25) is 0 Å². The Morgan fingerprint density at radius 1 is 1.09 bits per heavy atom. The molecule has 176 valence electrons. The number of aliphatic hydroxyl groups is 1. The molecule has 33 heavy (non-hydrogen) atoms. The minimum Gasteiger partial charge on any atom is -0.508 e. The van der Waals surface area contributed by atoms with Crippen molar-refractivity contribution in [3.63, 3.8) is 0 Å². The lowest BCUT2D eigenvalue weighted by molar-refractivity contribution is -0.140. The van der Waals surface area contributed by atoms with Crippen molar-refractivity contribution in [3.8, 4) is 11.5 Å². The molecule has 2 N–H and O–H groups in total. The zero-order chi connectivity index (χ0) is 24.0. The summed E-state index contributed by atoms with van der Waals surface area (Å²) in [4.78, 5) is 27.4. The van der Waals surface area contributed by atoms with Gasteiger partial charge in [0.1, 0.15) is 17.3 Å². The van der Waals surface area contributed by atoms with E-state index in [-0.39, 0.29) is 29.7 Å². The largest absolute Gasteiger partial charge is 0.508 e. The van der Waals surface area contributed by atoms with E-state index in [0.717, 1.165) is 6.42 Å². The number of ether oxygens (including phenoxy) is 2. The van der Waals surface area contributed by atoms with Crippen molar-refractivity contribution in [2.45, 2.75) is 45.8 Å². The molecule has 0 bridgehead atoms. The number of nitrogens with zero attached hydrogens (tertiary/aromatic N) is 1. The normalized spacial score (nSPS) is 17.7. The van der Waals surface area contributed by atoms with Crippen molar-refractivity contribution < 1.29 is 29.3 Å². The van der Waals surface area contributed by atoms with Gasteiger partial charge < -0.3 is 24.6 Å². The molecule has 1 saturated heterocycles. The van der Waals surface area contributed by atoms with Crippen LogP contribution >= 0.6 is 0 Å². The Balaban J connectivity index is 1.98. The quantitative estimate of drug-likeness (QED) is 0.239. The molecule has 3 rings (SSSR count). The van der Waals surface area contributed by atoms with Gasteiger partial charge in [-0.2, -0.15) is 0 Å². The van der Waals surface area contributed by atoms with E-state index in [1.54, 1.807) is 36.4 Å². The molecule has 2 aromatic carbocycles. The number of phenols is 1. The molecule has 0 radical (unpaired) electrons. The summed E-state index contributed by atoms with van der Waals surface area (Å²) in [5.41, 5.74) is 0.950. The van der Waals surface area contributed by atoms with Crippen molar-refractivity contribution in [2.75, 3.05) is 19.8 Å². The van der Waals surface area contributed by atoms with Crippen LogP contribution in [0.1, 0.15) is 50.8 Å². The zero-order valence-electron chi connectivity index (χ0n) is 19.3. The number of phenolic OH excluding ortho intramolecular Hbond substituents is 1. The maximum absolute atomic E-state index is 13.0. The van der Waals surface area contributed by atoms with Gasteiger partial charge >= 0.3 is 0 Å². The number of rotatable bonds is 10. The molecular weight excluding hydrogens is 422 g/mol. The number of ketones is 1. The summed E-state index contributed by atoms with van der Waals surface area (Å²) >= 11 is 0. The third-order valence-electron chi connectivity index (χ3n) is 5.32. The number of hydrogen-bond donors (Lipinski definition) is 2. The van der Waals surface area contributed by atoms with Crippen LogP contribution in [-0.2, 0) is 14.3 Å². The van der Waals surface area contributed by atoms with Crippen LogP contribution in [0.5, 0.6) is 11.5 Å². The molecule has 7 heteroatoms. The number of carbonyl (C=O) groups excluding carboxylic acids is 2. The van der Waals surface area contributed by atoms with E-state index in [9.17, 15) is 19.8 Å². The number of benzene rings is 2. The molecule has 1 aliphatic heterocycles. The average molecular weight is 454 g/mol. The number of carbonyl (C=O) groups is 2. The fourth-order valence-electron chi connectivity index (χ4n) is 3.79. The fraction of sp³-hybridized carbons (Fsp3) is 0.385. The fourth-order valence-corrected chi connectivity index (χ4v) is 3.79. The summed E-state index contributed by atoms with van der Waals surface area (Å²) in [7, 11) is 0. The van der Waals surface area contributed by atoms with Gasteiger partial charge in [-0.3, -0.25) is 9.59 Å². The van der Waals surface area contributed by atoms with Gasteiger partial charge in [0.15, 0.2) is 0 Å². The molecule has 0 aliphatic carbocycles. The van der Waals surface area contributed by atoms with Crippen molar-refractivity contribution in [1.29, 1.82) is 0 Å². The van der Waals surface area contributed by atoms with E-state index in [0.29, 0.717) is 36.5 Å². The van der Waals surface area contributed by atoms with E-state index in [1.807, 2.05) is 20.8 Å². The molecule has 0 spiro atoms. The van der Waals surface area contributed by atoms with Crippen LogP contribution in [0.2, 0.25) is 0 Å². The Morgan fingerprint density at radius 3 is 2.45 bits per heavy atom. The zero-order valence-corrected chi connectivity index (χ0v) is 19.3. The number of likely N-dealkylation sites (tertiary alicyclic amines) is 1. The highest BCUT2D eigenvalue weighted by Crippen LogP contribution is 2.40. The Bertz CT molecular complexity index is 1010. The Morgan fingerprint density at radius 2 is 1.82 bits per heavy atom. The van der Waals surface area contributed by atoms with Crippen LogP contribution in [0.4, 0.5) is 0 Å². The lowest BCUT2D eigenvalue weighted by Gasteiger charge is -2.25. The molecule has 1 atom stereocenters. The van der Waals surface area contributed by atoms with Gasteiger partial charge in [-0.25, -0.2) is 0 Å². The van der Waals surface area contributed by atoms with Crippen LogP contribution in [0.15, 0.2) is 54.1 Å². The predicted octanol–water partition coefficient (Wildman–Crippen LogP) is 4.42. The summed E-state index contributed by atoms with van der Waals surface area (Å²) in [6.07, 6.45) is 1.47. The average Bonchev–Trinajstić information content (AvgIpc) is 3.05.